The zero-order valence-corrected chi connectivity index (χ0v) is 8.29. The molecule has 0 radical (unpaired) electrons. The number of rotatable bonds is 0. The number of hydrogen-bond donors (Lipinski definition) is 0. The van der Waals surface area contributed by atoms with Crippen molar-refractivity contribution in [2.45, 2.75) is 6.42 Å². The number of hydrogen-bond acceptors (Lipinski definition) is 0. The van der Waals surface area contributed by atoms with Crippen LogP contribution in [0.1, 0.15) is 11.1 Å². The monoisotopic (exact) mass is 220 g/mol. The van der Waals surface area contributed by atoms with Crippen molar-refractivity contribution in [3.63, 3.8) is 0 Å². The van der Waals surface area contributed by atoms with E-state index < -0.39 is 0 Å². The molecule has 1 heterocycles. The topological polar surface area (TPSA) is 0 Å². The van der Waals surface area contributed by atoms with E-state index in [0.29, 0.717) is 14.5 Å². The third-order valence-corrected chi connectivity index (χ3v) is 4.19. The Balaban J connectivity index is 2.43. The Labute approximate surface area is 77.3 Å². The Bertz CT molecular complexity index is 463. The van der Waals surface area contributed by atoms with Gasteiger partial charge in [0, 0.05) is 0 Å². The van der Waals surface area contributed by atoms with Gasteiger partial charge in [0.2, 0.25) is 0 Å². The molecule has 0 bridgehead atoms. The van der Waals surface area contributed by atoms with Crippen molar-refractivity contribution in [3.8, 4) is 0 Å². The van der Waals surface area contributed by atoms with Gasteiger partial charge in [-0.3, -0.25) is 0 Å². The van der Waals surface area contributed by atoms with Gasteiger partial charge in [-0.15, -0.1) is 0 Å². The Morgan fingerprint density at radius 1 is 1.25 bits per heavy atom. The molecule has 0 aliphatic heterocycles. The summed E-state index contributed by atoms with van der Waals surface area (Å²) in [6, 6.07) is 6.96. The van der Waals surface area contributed by atoms with E-state index >= 15 is 0 Å². The van der Waals surface area contributed by atoms with Gasteiger partial charge in [0.15, 0.2) is 0 Å². The van der Waals surface area contributed by atoms with Gasteiger partial charge in [-0.25, -0.2) is 0 Å². The molecule has 1 aliphatic rings. The van der Waals surface area contributed by atoms with Crippen molar-refractivity contribution in [1.29, 1.82) is 0 Å². The molecule has 1 heteroatoms. The SMILES string of the molecule is C1=Cc2cc3[se]ccc3cc2C1. The number of benzene rings is 1. The average Bonchev–Trinajstić information content (AvgIpc) is 2.64. The maximum absolute atomic E-state index is 2.36. The van der Waals surface area contributed by atoms with Crippen LogP contribution in [-0.2, 0) is 6.42 Å². The molecular formula is C11H8Se. The molecule has 3 rings (SSSR count). The zero-order valence-electron chi connectivity index (χ0n) is 6.58. The summed E-state index contributed by atoms with van der Waals surface area (Å²) in [7, 11) is 0. The summed E-state index contributed by atoms with van der Waals surface area (Å²) >= 11 is 0.598. The molecule has 1 aromatic carbocycles. The summed E-state index contributed by atoms with van der Waals surface area (Å²) in [5, 5.41) is 1.46. The molecule has 0 fully saturated rings. The van der Waals surface area contributed by atoms with Gasteiger partial charge in [0.25, 0.3) is 0 Å². The van der Waals surface area contributed by atoms with Crippen molar-refractivity contribution in [2.75, 3.05) is 0 Å². The van der Waals surface area contributed by atoms with Crippen molar-refractivity contribution in [2.24, 2.45) is 0 Å². The van der Waals surface area contributed by atoms with Crippen LogP contribution >= 0.6 is 0 Å². The third-order valence-electron chi connectivity index (χ3n) is 2.35. The van der Waals surface area contributed by atoms with Crippen LogP contribution < -0.4 is 0 Å². The first-order valence-electron chi connectivity index (χ1n) is 4.10. The van der Waals surface area contributed by atoms with E-state index in [9.17, 15) is 0 Å². The normalized spacial score (nSPS) is 14.0. The summed E-state index contributed by atoms with van der Waals surface area (Å²) in [5.74, 6) is 0. The van der Waals surface area contributed by atoms with E-state index in [1.165, 1.54) is 16.5 Å². The summed E-state index contributed by atoms with van der Waals surface area (Å²) in [6.45, 7) is 0. The molecule has 12 heavy (non-hydrogen) atoms. The van der Waals surface area contributed by atoms with E-state index in [1.54, 1.807) is 4.26 Å². The third kappa shape index (κ3) is 0.841. The van der Waals surface area contributed by atoms with Crippen LogP contribution in [0, 0.1) is 0 Å². The Kier molecular flexibility index (Phi) is 1.31. The van der Waals surface area contributed by atoms with Crippen molar-refractivity contribution in [3.05, 3.63) is 40.3 Å². The summed E-state index contributed by atoms with van der Waals surface area (Å²) in [6.07, 6.45) is 5.62. The summed E-state index contributed by atoms with van der Waals surface area (Å²) in [5.41, 5.74) is 2.94. The predicted octanol–water partition coefficient (Wildman–Crippen LogP) is 2.47. The van der Waals surface area contributed by atoms with Crippen molar-refractivity contribution >= 4 is 30.2 Å². The molecule has 1 aliphatic carbocycles. The zero-order chi connectivity index (χ0) is 7.97. The standard InChI is InChI=1S/C11H8Se/c1-2-8-6-10-4-5-12-11(10)7-9(8)3-1/h1,3-7H,2H2. The summed E-state index contributed by atoms with van der Waals surface area (Å²) < 4.78 is 1.55. The van der Waals surface area contributed by atoms with Gasteiger partial charge in [-0.05, 0) is 0 Å². The average molecular weight is 219 g/mol. The van der Waals surface area contributed by atoms with Crippen molar-refractivity contribution in [1.82, 2.24) is 0 Å². The van der Waals surface area contributed by atoms with Crippen LogP contribution in [0.2, 0.25) is 0 Å². The van der Waals surface area contributed by atoms with Gasteiger partial charge in [0.05, 0.1) is 0 Å². The van der Waals surface area contributed by atoms with Crippen LogP contribution in [0.15, 0.2) is 29.2 Å². The minimum atomic E-state index is 0.598. The molecule has 0 saturated heterocycles. The molecule has 0 saturated carbocycles. The minimum absolute atomic E-state index is 0.598. The Morgan fingerprint density at radius 3 is 3.25 bits per heavy atom. The molecule has 0 spiro atoms. The molecular weight excluding hydrogens is 211 g/mol. The van der Waals surface area contributed by atoms with Gasteiger partial charge in [-0.1, -0.05) is 0 Å². The Morgan fingerprint density at radius 2 is 2.25 bits per heavy atom. The second kappa shape index (κ2) is 2.35. The van der Waals surface area contributed by atoms with Gasteiger partial charge < -0.3 is 0 Å². The van der Waals surface area contributed by atoms with Gasteiger partial charge >= 0.3 is 77.0 Å². The van der Waals surface area contributed by atoms with Crippen LogP contribution in [0.5, 0.6) is 0 Å². The molecule has 2 aromatic rings. The fourth-order valence-electron chi connectivity index (χ4n) is 1.72. The summed E-state index contributed by atoms with van der Waals surface area (Å²) in [4.78, 5) is 2.30. The number of fused-ring (bicyclic) bond motifs is 2. The molecule has 0 N–H and O–H groups in total. The maximum atomic E-state index is 2.36. The van der Waals surface area contributed by atoms with E-state index in [1.807, 2.05) is 0 Å². The van der Waals surface area contributed by atoms with Crippen molar-refractivity contribution < 1.29 is 0 Å². The van der Waals surface area contributed by atoms with Crippen LogP contribution in [0.25, 0.3) is 15.7 Å². The quantitative estimate of drug-likeness (QED) is 0.597. The second-order valence-electron chi connectivity index (χ2n) is 3.12. The first-order chi connectivity index (χ1) is 5.93. The molecule has 58 valence electrons. The second-order valence-corrected chi connectivity index (χ2v) is 5.10. The fourth-order valence-corrected chi connectivity index (χ4v) is 3.44. The Hall–Kier alpha value is -0.781. The van der Waals surface area contributed by atoms with E-state index in [0.717, 1.165) is 6.42 Å². The van der Waals surface area contributed by atoms with Crippen LogP contribution in [0.3, 0.4) is 0 Å². The van der Waals surface area contributed by atoms with Crippen LogP contribution in [-0.4, -0.2) is 14.5 Å². The van der Waals surface area contributed by atoms with E-state index in [4.69, 9.17) is 0 Å². The van der Waals surface area contributed by atoms with E-state index in [2.05, 4.69) is 35.3 Å². The number of allylic oxidation sites excluding steroid dienone is 1. The molecule has 0 unspecified atom stereocenters. The van der Waals surface area contributed by atoms with Gasteiger partial charge in [-0.2, -0.15) is 0 Å². The fraction of sp³-hybridized carbons (Fsp3) is 0.0909. The predicted molar refractivity (Wildman–Crippen MR) is 53.6 cm³/mol. The van der Waals surface area contributed by atoms with E-state index in [-0.39, 0.29) is 0 Å². The molecule has 1 aromatic heterocycles. The molecule has 0 atom stereocenters. The molecule has 0 nitrogen and oxygen atoms in total. The van der Waals surface area contributed by atoms with Gasteiger partial charge in [0.1, 0.15) is 0 Å². The van der Waals surface area contributed by atoms with Crippen LogP contribution in [0.4, 0.5) is 0 Å². The first kappa shape index (κ1) is 6.71. The first-order valence-corrected chi connectivity index (χ1v) is 5.95. The molecule has 0 amide bonds.